The van der Waals surface area contributed by atoms with Crippen LogP contribution in [-0.2, 0) is 4.74 Å². The topological polar surface area (TPSA) is 55.6 Å². The third-order valence-corrected chi connectivity index (χ3v) is 2.49. The van der Waals surface area contributed by atoms with E-state index in [1.165, 1.54) is 4.90 Å². The van der Waals surface area contributed by atoms with Crippen molar-refractivity contribution in [1.29, 1.82) is 0 Å². The first-order valence-corrected chi connectivity index (χ1v) is 5.02. The van der Waals surface area contributed by atoms with Gasteiger partial charge in [-0.3, -0.25) is 4.90 Å². The number of nitrogens with zero attached hydrogens (tertiary/aromatic N) is 1. The van der Waals surface area contributed by atoms with Crippen LogP contribution in [0.4, 0.5) is 10.5 Å². The number of benzene rings is 1. The van der Waals surface area contributed by atoms with Crippen LogP contribution in [0.5, 0.6) is 0 Å². The molecule has 2 rings (SSSR count). The number of anilines is 1. The molecule has 5 heteroatoms. The maximum Gasteiger partial charge on any atom is 0.414 e. The quantitative estimate of drug-likeness (QED) is 0.834. The molecule has 1 heterocycles. The van der Waals surface area contributed by atoms with Gasteiger partial charge in [0, 0.05) is 17.3 Å². The molecule has 1 aliphatic rings. The summed E-state index contributed by atoms with van der Waals surface area (Å²) in [5.41, 5.74) is 6.18. The van der Waals surface area contributed by atoms with Gasteiger partial charge in [0.2, 0.25) is 0 Å². The predicted molar refractivity (Wildman–Crippen MR) is 58.1 cm³/mol. The zero-order valence-corrected chi connectivity index (χ0v) is 8.78. The third kappa shape index (κ3) is 2.06. The minimum Gasteiger partial charge on any atom is -0.443 e. The van der Waals surface area contributed by atoms with E-state index in [0.29, 0.717) is 18.1 Å². The number of cyclic esters (lactones) is 1. The van der Waals surface area contributed by atoms with E-state index in [9.17, 15) is 4.79 Å². The van der Waals surface area contributed by atoms with Gasteiger partial charge in [0.1, 0.15) is 6.10 Å². The highest BCUT2D eigenvalue weighted by Gasteiger charge is 2.31. The zero-order chi connectivity index (χ0) is 10.8. The number of hydrogen-bond acceptors (Lipinski definition) is 3. The number of ether oxygens (including phenoxy) is 1. The van der Waals surface area contributed by atoms with E-state index >= 15 is 0 Å². The van der Waals surface area contributed by atoms with Gasteiger partial charge in [-0.15, -0.1) is 0 Å². The summed E-state index contributed by atoms with van der Waals surface area (Å²) < 4.78 is 5.04. The predicted octanol–water partition coefficient (Wildman–Crippen LogP) is 1.62. The molecule has 0 spiro atoms. The Hall–Kier alpha value is -1.26. The smallest absolute Gasteiger partial charge is 0.414 e. The van der Waals surface area contributed by atoms with E-state index in [0.717, 1.165) is 5.69 Å². The van der Waals surface area contributed by atoms with Gasteiger partial charge in [-0.2, -0.15) is 0 Å². The van der Waals surface area contributed by atoms with E-state index in [2.05, 4.69) is 0 Å². The molecule has 0 unspecified atom stereocenters. The van der Waals surface area contributed by atoms with Crippen LogP contribution in [0.2, 0.25) is 5.02 Å². The number of carbonyl (C=O) groups is 1. The summed E-state index contributed by atoms with van der Waals surface area (Å²) in [6.07, 6.45) is -0.593. The van der Waals surface area contributed by atoms with Crippen molar-refractivity contribution in [2.75, 3.05) is 18.0 Å². The Balaban J connectivity index is 2.21. The van der Waals surface area contributed by atoms with Crippen LogP contribution < -0.4 is 10.6 Å². The molecule has 1 saturated heterocycles. The molecule has 0 saturated carbocycles. The Morgan fingerprint density at radius 2 is 2.40 bits per heavy atom. The minimum absolute atomic E-state index is 0.225. The van der Waals surface area contributed by atoms with E-state index < -0.39 is 0 Å². The van der Waals surface area contributed by atoms with Crippen molar-refractivity contribution in [1.82, 2.24) is 0 Å². The van der Waals surface area contributed by atoms with Crippen molar-refractivity contribution in [2.24, 2.45) is 5.73 Å². The van der Waals surface area contributed by atoms with Crippen molar-refractivity contribution < 1.29 is 9.53 Å². The van der Waals surface area contributed by atoms with E-state index in [4.69, 9.17) is 22.1 Å². The molecule has 1 amide bonds. The lowest BCUT2D eigenvalue weighted by Gasteiger charge is -2.12. The maximum atomic E-state index is 11.5. The monoisotopic (exact) mass is 226 g/mol. The fourth-order valence-corrected chi connectivity index (χ4v) is 1.68. The Kier molecular flexibility index (Phi) is 2.79. The molecule has 4 nitrogen and oxygen atoms in total. The van der Waals surface area contributed by atoms with E-state index in [1.807, 2.05) is 6.07 Å². The standard InChI is InChI=1S/C10H11ClN2O2/c11-7-2-1-3-8(4-7)13-6-9(5-12)15-10(13)14/h1-4,9H,5-6,12H2/t9-/m0/s1. The zero-order valence-electron chi connectivity index (χ0n) is 8.02. The second-order valence-electron chi connectivity index (χ2n) is 3.33. The van der Waals surface area contributed by atoms with Crippen molar-refractivity contribution in [3.63, 3.8) is 0 Å². The summed E-state index contributed by atoms with van der Waals surface area (Å²) >= 11 is 5.84. The molecule has 1 aromatic carbocycles. The maximum absolute atomic E-state index is 11.5. The largest absolute Gasteiger partial charge is 0.443 e. The van der Waals surface area contributed by atoms with Crippen molar-refractivity contribution in [3.8, 4) is 0 Å². The van der Waals surface area contributed by atoms with Crippen LogP contribution in [0, 0.1) is 0 Å². The molecule has 0 aromatic heterocycles. The first-order valence-electron chi connectivity index (χ1n) is 4.64. The highest BCUT2D eigenvalue weighted by atomic mass is 35.5. The molecule has 1 fully saturated rings. The third-order valence-electron chi connectivity index (χ3n) is 2.26. The molecule has 15 heavy (non-hydrogen) atoms. The van der Waals surface area contributed by atoms with Crippen LogP contribution in [0.25, 0.3) is 0 Å². The number of hydrogen-bond donors (Lipinski definition) is 1. The average molecular weight is 227 g/mol. The molecule has 1 aromatic rings. The van der Waals surface area contributed by atoms with Gasteiger partial charge in [0.25, 0.3) is 0 Å². The highest BCUT2D eigenvalue weighted by molar-refractivity contribution is 6.30. The summed E-state index contributed by atoms with van der Waals surface area (Å²) in [6.45, 7) is 0.818. The fourth-order valence-electron chi connectivity index (χ4n) is 1.50. The van der Waals surface area contributed by atoms with Gasteiger partial charge < -0.3 is 10.5 Å². The molecule has 2 N–H and O–H groups in total. The summed E-state index contributed by atoms with van der Waals surface area (Å²) in [6, 6.07) is 7.08. The van der Waals surface area contributed by atoms with Gasteiger partial charge in [-0.25, -0.2) is 4.79 Å². The molecule has 0 bridgehead atoms. The molecule has 0 aliphatic carbocycles. The van der Waals surface area contributed by atoms with Crippen molar-refractivity contribution >= 4 is 23.4 Å². The second-order valence-corrected chi connectivity index (χ2v) is 3.77. The Labute approximate surface area is 92.6 Å². The lowest BCUT2D eigenvalue weighted by molar-refractivity contribution is 0.145. The summed E-state index contributed by atoms with van der Waals surface area (Å²) in [4.78, 5) is 13.0. The number of rotatable bonds is 2. The Morgan fingerprint density at radius 1 is 1.60 bits per heavy atom. The van der Waals surface area contributed by atoms with Crippen LogP contribution in [-0.4, -0.2) is 25.3 Å². The molecule has 1 aliphatic heterocycles. The molecule has 80 valence electrons. The van der Waals surface area contributed by atoms with Crippen LogP contribution in [0.15, 0.2) is 24.3 Å². The normalized spacial score (nSPS) is 20.5. The fraction of sp³-hybridized carbons (Fsp3) is 0.300. The van der Waals surface area contributed by atoms with E-state index in [-0.39, 0.29) is 12.2 Å². The van der Waals surface area contributed by atoms with Gasteiger partial charge in [0.05, 0.1) is 6.54 Å². The van der Waals surface area contributed by atoms with E-state index in [1.54, 1.807) is 18.2 Å². The SMILES string of the molecule is NC[C@H]1CN(c2cccc(Cl)c2)C(=O)O1. The summed E-state index contributed by atoms with van der Waals surface area (Å²) in [5, 5.41) is 0.594. The number of carbonyl (C=O) groups excluding carboxylic acids is 1. The van der Waals surface area contributed by atoms with Gasteiger partial charge in [0.15, 0.2) is 0 Å². The first kappa shape index (κ1) is 10.3. The molecular formula is C10H11ClN2O2. The van der Waals surface area contributed by atoms with Gasteiger partial charge in [-0.1, -0.05) is 17.7 Å². The Morgan fingerprint density at radius 3 is 3.00 bits per heavy atom. The summed E-state index contributed by atoms with van der Waals surface area (Å²) in [7, 11) is 0. The lowest BCUT2D eigenvalue weighted by atomic mass is 10.3. The van der Waals surface area contributed by atoms with Gasteiger partial charge >= 0.3 is 6.09 Å². The second kappa shape index (κ2) is 4.08. The molecule has 0 radical (unpaired) electrons. The first-order chi connectivity index (χ1) is 7.20. The number of halogens is 1. The average Bonchev–Trinajstić information content (AvgIpc) is 2.60. The van der Waals surface area contributed by atoms with Crippen molar-refractivity contribution in [3.05, 3.63) is 29.3 Å². The van der Waals surface area contributed by atoms with Gasteiger partial charge in [-0.05, 0) is 18.2 Å². The lowest BCUT2D eigenvalue weighted by Crippen LogP contribution is -2.27. The number of amides is 1. The minimum atomic E-state index is -0.368. The van der Waals surface area contributed by atoms with Crippen LogP contribution in [0.1, 0.15) is 0 Å². The summed E-state index contributed by atoms with van der Waals surface area (Å²) in [5.74, 6) is 0. The van der Waals surface area contributed by atoms with Crippen molar-refractivity contribution in [2.45, 2.75) is 6.10 Å². The van der Waals surface area contributed by atoms with Crippen LogP contribution >= 0.6 is 11.6 Å². The Bertz CT molecular complexity index is 383. The number of nitrogens with two attached hydrogens (primary N) is 1. The highest BCUT2D eigenvalue weighted by Crippen LogP contribution is 2.23. The molecule has 1 atom stereocenters. The van der Waals surface area contributed by atoms with Crippen LogP contribution in [0.3, 0.4) is 0 Å². The molecular weight excluding hydrogens is 216 g/mol.